The van der Waals surface area contributed by atoms with Crippen molar-refractivity contribution in [2.24, 2.45) is 5.73 Å². The molecule has 0 unspecified atom stereocenters. The second-order valence-corrected chi connectivity index (χ2v) is 4.92. The lowest BCUT2D eigenvalue weighted by molar-refractivity contribution is 0.542. The fourth-order valence-corrected chi connectivity index (χ4v) is 2.50. The van der Waals surface area contributed by atoms with Crippen LogP contribution in [0.15, 0.2) is 42.9 Å². The third kappa shape index (κ3) is 2.37. The molecule has 0 aliphatic carbocycles. The zero-order chi connectivity index (χ0) is 13.2. The number of rotatable bonds is 4. The van der Waals surface area contributed by atoms with E-state index in [1.165, 1.54) is 5.39 Å². The summed E-state index contributed by atoms with van der Waals surface area (Å²) >= 11 is 6.08. The molecular weight excluding hydrogens is 260 g/mol. The minimum absolute atomic E-state index is 0.535. The van der Waals surface area contributed by atoms with Gasteiger partial charge in [0.25, 0.3) is 0 Å². The van der Waals surface area contributed by atoms with Gasteiger partial charge in [0.15, 0.2) is 0 Å². The van der Waals surface area contributed by atoms with Crippen LogP contribution in [0.3, 0.4) is 0 Å². The van der Waals surface area contributed by atoms with Crippen molar-refractivity contribution in [2.45, 2.75) is 19.6 Å². The molecule has 2 N–H and O–H groups in total. The number of nitrogens with zero attached hydrogens (tertiary/aromatic N) is 3. The van der Waals surface area contributed by atoms with Crippen LogP contribution in [0.2, 0.25) is 5.02 Å². The van der Waals surface area contributed by atoms with Crippen molar-refractivity contribution in [3.8, 4) is 0 Å². The highest BCUT2D eigenvalue weighted by atomic mass is 35.5. The summed E-state index contributed by atoms with van der Waals surface area (Å²) in [6, 6.07) is 7.85. The normalized spacial score (nSPS) is 11.3. The van der Waals surface area contributed by atoms with Gasteiger partial charge >= 0.3 is 0 Å². The van der Waals surface area contributed by atoms with Gasteiger partial charge < -0.3 is 10.3 Å². The molecule has 0 aliphatic rings. The Balaban J connectivity index is 1.95. The van der Waals surface area contributed by atoms with E-state index in [1.807, 2.05) is 35.1 Å². The summed E-state index contributed by atoms with van der Waals surface area (Å²) < 4.78 is 4.10. The molecule has 5 heteroatoms. The highest BCUT2D eigenvalue weighted by Gasteiger charge is 2.08. The Morgan fingerprint density at radius 2 is 2.16 bits per heavy atom. The van der Waals surface area contributed by atoms with E-state index in [4.69, 9.17) is 17.3 Å². The van der Waals surface area contributed by atoms with Gasteiger partial charge in [-0.2, -0.15) is 5.10 Å². The summed E-state index contributed by atoms with van der Waals surface area (Å²) in [6.45, 7) is 2.21. The van der Waals surface area contributed by atoms with E-state index in [9.17, 15) is 0 Å². The van der Waals surface area contributed by atoms with Gasteiger partial charge in [-0.1, -0.05) is 17.7 Å². The minimum Gasteiger partial charge on any atom is -0.345 e. The fourth-order valence-electron chi connectivity index (χ4n) is 2.33. The summed E-state index contributed by atoms with van der Waals surface area (Å²) in [5.74, 6) is 0. The third-order valence-corrected chi connectivity index (χ3v) is 3.51. The summed E-state index contributed by atoms with van der Waals surface area (Å²) in [5.41, 5.74) is 8.06. The van der Waals surface area contributed by atoms with Gasteiger partial charge in [0, 0.05) is 47.6 Å². The molecule has 19 heavy (non-hydrogen) atoms. The zero-order valence-electron chi connectivity index (χ0n) is 10.5. The Kier molecular flexibility index (Phi) is 3.27. The van der Waals surface area contributed by atoms with E-state index < -0.39 is 0 Å². The first kappa shape index (κ1) is 12.3. The molecule has 4 nitrogen and oxygen atoms in total. The Hall–Kier alpha value is -1.78. The first-order chi connectivity index (χ1) is 9.28. The summed E-state index contributed by atoms with van der Waals surface area (Å²) in [5, 5.41) is 6.13. The first-order valence-electron chi connectivity index (χ1n) is 6.22. The largest absolute Gasteiger partial charge is 0.345 e. The predicted octanol–water partition coefficient (Wildman–Crippen LogP) is 2.65. The van der Waals surface area contributed by atoms with Crippen molar-refractivity contribution in [3.63, 3.8) is 0 Å². The van der Waals surface area contributed by atoms with Crippen LogP contribution in [0, 0.1) is 0 Å². The van der Waals surface area contributed by atoms with Crippen molar-refractivity contribution in [1.82, 2.24) is 14.3 Å². The van der Waals surface area contributed by atoms with Crippen LogP contribution < -0.4 is 5.73 Å². The molecule has 1 aromatic carbocycles. The van der Waals surface area contributed by atoms with Gasteiger partial charge in [0.1, 0.15) is 0 Å². The monoisotopic (exact) mass is 274 g/mol. The third-order valence-electron chi connectivity index (χ3n) is 3.28. The topological polar surface area (TPSA) is 48.8 Å². The van der Waals surface area contributed by atoms with Crippen LogP contribution in [-0.4, -0.2) is 14.3 Å². The zero-order valence-corrected chi connectivity index (χ0v) is 11.2. The highest BCUT2D eigenvalue weighted by molar-refractivity contribution is 6.31. The second kappa shape index (κ2) is 5.07. The Morgan fingerprint density at radius 1 is 1.26 bits per heavy atom. The Bertz CT molecular complexity index is 685. The Labute approximate surface area is 116 Å². The fraction of sp³-hybridized carbons (Fsp3) is 0.214. The van der Waals surface area contributed by atoms with E-state index in [0.717, 1.165) is 29.2 Å². The van der Waals surface area contributed by atoms with E-state index >= 15 is 0 Å². The van der Waals surface area contributed by atoms with Crippen molar-refractivity contribution in [3.05, 3.63) is 53.4 Å². The number of aromatic nitrogens is 3. The maximum atomic E-state index is 6.08. The lowest BCUT2D eigenvalue weighted by Crippen LogP contribution is -2.06. The molecule has 0 bridgehead atoms. The summed E-state index contributed by atoms with van der Waals surface area (Å²) in [4.78, 5) is 0. The molecule has 3 aromatic rings. The van der Waals surface area contributed by atoms with Gasteiger partial charge in [0.2, 0.25) is 0 Å². The van der Waals surface area contributed by atoms with Crippen molar-refractivity contribution < 1.29 is 0 Å². The number of benzene rings is 1. The second-order valence-electron chi connectivity index (χ2n) is 4.48. The molecular formula is C14H15ClN4. The quantitative estimate of drug-likeness (QED) is 0.795. The maximum Gasteiger partial charge on any atom is 0.0588 e. The van der Waals surface area contributed by atoms with Gasteiger partial charge in [-0.3, -0.25) is 4.68 Å². The minimum atomic E-state index is 0.535. The van der Waals surface area contributed by atoms with Crippen LogP contribution in [-0.2, 0) is 19.6 Å². The predicted molar refractivity (Wildman–Crippen MR) is 77.1 cm³/mol. The molecule has 3 rings (SSSR count). The van der Waals surface area contributed by atoms with E-state index in [1.54, 1.807) is 6.20 Å². The smallest absolute Gasteiger partial charge is 0.0588 e. The van der Waals surface area contributed by atoms with Crippen LogP contribution in [0.1, 0.15) is 5.56 Å². The van der Waals surface area contributed by atoms with Crippen LogP contribution in [0.25, 0.3) is 10.9 Å². The van der Waals surface area contributed by atoms with Gasteiger partial charge in [-0.25, -0.2) is 0 Å². The average molecular weight is 275 g/mol. The summed E-state index contributed by atoms with van der Waals surface area (Å²) in [6.07, 6.45) is 5.85. The molecule has 0 saturated heterocycles. The number of aryl methyl sites for hydroxylation is 2. The number of fused-ring (bicyclic) bond motifs is 1. The Morgan fingerprint density at radius 3 is 2.89 bits per heavy atom. The molecule has 2 heterocycles. The lowest BCUT2D eigenvalue weighted by atomic mass is 10.2. The van der Waals surface area contributed by atoms with Gasteiger partial charge in [-0.15, -0.1) is 0 Å². The van der Waals surface area contributed by atoms with E-state index in [2.05, 4.69) is 15.9 Å². The molecule has 0 aliphatic heterocycles. The first-order valence-corrected chi connectivity index (χ1v) is 6.60. The molecule has 0 saturated carbocycles. The molecule has 0 amide bonds. The molecule has 0 fully saturated rings. The number of hydrogen-bond acceptors (Lipinski definition) is 2. The average Bonchev–Trinajstić information content (AvgIpc) is 3.03. The van der Waals surface area contributed by atoms with Crippen molar-refractivity contribution in [2.75, 3.05) is 0 Å². The van der Waals surface area contributed by atoms with Crippen LogP contribution in [0.5, 0.6) is 0 Å². The highest BCUT2D eigenvalue weighted by Crippen LogP contribution is 2.24. The SMILES string of the molecule is NCc1cn(CCn2cccn2)c2cc(Cl)ccc12. The molecule has 0 atom stereocenters. The van der Waals surface area contributed by atoms with Crippen molar-refractivity contribution >= 4 is 22.5 Å². The van der Waals surface area contributed by atoms with Gasteiger partial charge in [-0.05, 0) is 23.8 Å². The lowest BCUT2D eigenvalue weighted by Gasteiger charge is -2.05. The van der Waals surface area contributed by atoms with E-state index in [0.29, 0.717) is 6.54 Å². The van der Waals surface area contributed by atoms with Crippen LogP contribution in [0.4, 0.5) is 0 Å². The molecule has 0 radical (unpaired) electrons. The molecule has 2 aromatic heterocycles. The van der Waals surface area contributed by atoms with Crippen molar-refractivity contribution in [1.29, 1.82) is 0 Å². The number of nitrogens with two attached hydrogens (primary N) is 1. The van der Waals surface area contributed by atoms with E-state index in [-0.39, 0.29) is 0 Å². The number of hydrogen-bond donors (Lipinski definition) is 1. The summed E-state index contributed by atoms with van der Waals surface area (Å²) in [7, 11) is 0. The van der Waals surface area contributed by atoms with Crippen LogP contribution >= 0.6 is 11.6 Å². The molecule has 98 valence electrons. The standard InChI is InChI=1S/C14H15ClN4/c15-12-2-3-13-11(9-16)10-18(14(13)8-12)6-7-19-5-1-4-17-19/h1-5,8,10H,6-7,9,16H2. The number of halogens is 1. The van der Waals surface area contributed by atoms with Gasteiger partial charge in [0.05, 0.1) is 6.54 Å². The maximum absolute atomic E-state index is 6.08. The molecule has 0 spiro atoms.